The lowest BCUT2D eigenvalue weighted by molar-refractivity contribution is 0.100. The summed E-state index contributed by atoms with van der Waals surface area (Å²) in [5.41, 5.74) is 8.58. The molecule has 1 heterocycles. The van der Waals surface area contributed by atoms with Gasteiger partial charge in [-0.2, -0.15) is 0 Å². The maximum atomic E-state index is 13.5. The van der Waals surface area contributed by atoms with Gasteiger partial charge in [-0.3, -0.25) is 4.79 Å². The van der Waals surface area contributed by atoms with Crippen molar-refractivity contribution in [3.05, 3.63) is 58.4 Å². The molecule has 23 heavy (non-hydrogen) atoms. The number of carbonyl (C=O) groups excluding carboxylic acids is 1. The highest BCUT2D eigenvalue weighted by atomic mass is 35.5. The van der Waals surface area contributed by atoms with Crippen molar-refractivity contribution in [1.82, 2.24) is 5.32 Å². The lowest BCUT2D eigenvalue weighted by atomic mass is 9.83. The number of halogens is 2. The molecule has 2 aromatic rings. The lowest BCUT2D eigenvalue weighted by Gasteiger charge is -2.26. The fourth-order valence-corrected chi connectivity index (χ4v) is 3.40. The van der Waals surface area contributed by atoms with Crippen molar-refractivity contribution in [3.8, 4) is 11.1 Å². The Labute approximate surface area is 139 Å². The zero-order chi connectivity index (χ0) is 16.4. The molecule has 1 aliphatic rings. The second-order valence-electron chi connectivity index (χ2n) is 5.79. The first-order valence-corrected chi connectivity index (χ1v) is 8.04. The largest absolute Gasteiger partial charge is 0.366 e. The van der Waals surface area contributed by atoms with Crippen molar-refractivity contribution >= 4 is 17.5 Å². The lowest BCUT2D eigenvalue weighted by Crippen LogP contribution is -2.27. The van der Waals surface area contributed by atoms with Gasteiger partial charge in [0, 0.05) is 5.56 Å². The van der Waals surface area contributed by atoms with E-state index in [2.05, 4.69) is 5.32 Å². The van der Waals surface area contributed by atoms with Gasteiger partial charge >= 0.3 is 0 Å². The summed E-state index contributed by atoms with van der Waals surface area (Å²) in [6.45, 7) is 1.88. The number of primary amides is 1. The SMILES string of the molecule is NC(=O)c1cccc(C2CCNCC2)c1-c1ccc(F)c(Cl)c1. The Morgan fingerprint density at radius 3 is 2.61 bits per heavy atom. The van der Waals surface area contributed by atoms with E-state index in [1.807, 2.05) is 12.1 Å². The van der Waals surface area contributed by atoms with Crippen molar-refractivity contribution in [3.63, 3.8) is 0 Å². The van der Waals surface area contributed by atoms with Gasteiger partial charge in [-0.25, -0.2) is 4.39 Å². The first kappa shape index (κ1) is 16.0. The maximum absolute atomic E-state index is 13.5. The van der Waals surface area contributed by atoms with E-state index in [0.717, 1.165) is 42.6 Å². The van der Waals surface area contributed by atoms with Crippen molar-refractivity contribution in [2.75, 3.05) is 13.1 Å². The first-order chi connectivity index (χ1) is 11.1. The molecule has 0 aromatic heterocycles. The van der Waals surface area contributed by atoms with Crippen LogP contribution < -0.4 is 11.1 Å². The minimum absolute atomic E-state index is 0.0398. The maximum Gasteiger partial charge on any atom is 0.249 e. The zero-order valence-corrected chi connectivity index (χ0v) is 13.4. The summed E-state index contributed by atoms with van der Waals surface area (Å²) in [4.78, 5) is 11.9. The Morgan fingerprint density at radius 2 is 1.96 bits per heavy atom. The van der Waals surface area contributed by atoms with Crippen LogP contribution in [0.25, 0.3) is 11.1 Å². The average molecular weight is 333 g/mol. The van der Waals surface area contributed by atoms with E-state index in [1.54, 1.807) is 18.2 Å². The number of amides is 1. The number of nitrogens with one attached hydrogen (secondary N) is 1. The van der Waals surface area contributed by atoms with E-state index in [1.165, 1.54) is 6.07 Å². The van der Waals surface area contributed by atoms with Crippen LogP contribution >= 0.6 is 11.6 Å². The second kappa shape index (κ2) is 6.69. The molecule has 1 aliphatic heterocycles. The quantitative estimate of drug-likeness (QED) is 0.900. The van der Waals surface area contributed by atoms with Crippen LogP contribution in [0.3, 0.4) is 0 Å². The molecule has 120 valence electrons. The average Bonchev–Trinajstić information content (AvgIpc) is 2.57. The molecular weight excluding hydrogens is 315 g/mol. The highest BCUT2D eigenvalue weighted by molar-refractivity contribution is 6.31. The Bertz CT molecular complexity index is 742. The summed E-state index contributed by atoms with van der Waals surface area (Å²) in [5, 5.41) is 3.38. The highest BCUT2D eigenvalue weighted by Gasteiger charge is 2.22. The van der Waals surface area contributed by atoms with Crippen LogP contribution in [0.15, 0.2) is 36.4 Å². The van der Waals surface area contributed by atoms with Gasteiger partial charge in [0.2, 0.25) is 5.91 Å². The number of piperidine rings is 1. The van der Waals surface area contributed by atoms with E-state index in [-0.39, 0.29) is 5.02 Å². The fourth-order valence-electron chi connectivity index (χ4n) is 3.22. The molecule has 0 aliphatic carbocycles. The number of hydrogen-bond acceptors (Lipinski definition) is 2. The van der Waals surface area contributed by atoms with Gasteiger partial charge in [-0.05, 0) is 66.7 Å². The van der Waals surface area contributed by atoms with Gasteiger partial charge in [0.25, 0.3) is 0 Å². The molecule has 3 N–H and O–H groups in total. The number of rotatable bonds is 3. The Balaban J connectivity index is 2.18. The van der Waals surface area contributed by atoms with Gasteiger partial charge in [0.05, 0.1) is 5.02 Å². The number of benzene rings is 2. The van der Waals surface area contributed by atoms with Gasteiger partial charge in [-0.15, -0.1) is 0 Å². The zero-order valence-electron chi connectivity index (χ0n) is 12.6. The van der Waals surface area contributed by atoms with E-state index in [4.69, 9.17) is 17.3 Å². The summed E-state index contributed by atoms with van der Waals surface area (Å²) in [5.74, 6) is -0.624. The Hall–Kier alpha value is -1.91. The van der Waals surface area contributed by atoms with Crippen molar-refractivity contribution in [2.45, 2.75) is 18.8 Å². The Morgan fingerprint density at radius 1 is 1.22 bits per heavy atom. The molecule has 0 unspecified atom stereocenters. The molecule has 1 amide bonds. The smallest absolute Gasteiger partial charge is 0.249 e. The molecule has 1 saturated heterocycles. The van der Waals surface area contributed by atoms with E-state index >= 15 is 0 Å². The number of hydrogen-bond donors (Lipinski definition) is 2. The van der Waals surface area contributed by atoms with Crippen LogP contribution in [0.1, 0.15) is 34.7 Å². The van der Waals surface area contributed by atoms with E-state index in [0.29, 0.717) is 11.5 Å². The highest BCUT2D eigenvalue weighted by Crippen LogP contribution is 2.37. The molecule has 2 aromatic carbocycles. The summed E-state index contributed by atoms with van der Waals surface area (Å²) >= 11 is 5.93. The van der Waals surface area contributed by atoms with Crippen LogP contribution in [-0.2, 0) is 0 Å². The fraction of sp³-hybridized carbons (Fsp3) is 0.278. The molecule has 0 bridgehead atoms. The molecule has 1 fully saturated rings. The normalized spacial score (nSPS) is 15.6. The van der Waals surface area contributed by atoms with Crippen LogP contribution in [0.5, 0.6) is 0 Å². The summed E-state index contributed by atoms with van der Waals surface area (Å²) in [6.07, 6.45) is 1.98. The summed E-state index contributed by atoms with van der Waals surface area (Å²) in [6, 6.07) is 10.1. The van der Waals surface area contributed by atoms with Crippen molar-refractivity contribution in [1.29, 1.82) is 0 Å². The van der Waals surface area contributed by atoms with Crippen molar-refractivity contribution in [2.24, 2.45) is 5.73 Å². The number of nitrogens with two attached hydrogens (primary N) is 1. The van der Waals surface area contributed by atoms with Gasteiger partial charge < -0.3 is 11.1 Å². The van der Waals surface area contributed by atoms with E-state index < -0.39 is 11.7 Å². The summed E-state index contributed by atoms with van der Waals surface area (Å²) < 4.78 is 13.5. The van der Waals surface area contributed by atoms with Crippen LogP contribution in [0, 0.1) is 5.82 Å². The second-order valence-corrected chi connectivity index (χ2v) is 6.19. The third-order valence-electron chi connectivity index (χ3n) is 4.35. The summed E-state index contributed by atoms with van der Waals surface area (Å²) in [7, 11) is 0. The van der Waals surface area contributed by atoms with Crippen LogP contribution in [-0.4, -0.2) is 19.0 Å². The molecule has 0 radical (unpaired) electrons. The molecule has 0 saturated carbocycles. The van der Waals surface area contributed by atoms with Crippen molar-refractivity contribution < 1.29 is 9.18 Å². The minimum Gasteiger partial charge on any atom is -0.366 e. The third-order valence-corrected chi connectivity index (χ3v) is 4.64. The van der Waals surface area contributed by atoms with Gasteiger partial charge in [0.1, 0.15) is 5.82 Å². The molecule has 0 atom stereocenters. The van der Waals surface area contributed by atoms with Crippen LogP contribution in [0.4, 0.5) is 4.39 Å². The predicted molar refractivity (Wildman–Crippen MR) is 90.2 cm³/mol. The first-order valence-electron chi connectivity index (χ1n) is 7.67. The predicted octanol–water partition coefficient (Wildman–Crippen LogP) is 3.71. The molecular formula is C18H18ClFN2O. The van der Waals surface area contributed by atoms with E-state index in [9.17, 15) is 9.18 Å². The van der Waals surface area contributed by atoms with Crippen LogP contribution in [0.2, 0.25) is 5.02 Å². The standard InChI is InChI=1S/C18H18ClFN2O/c19-15-10-12(4-5-16(15)20)17-13(11-6-8-22-9-7-11)2-1-3-14(17)18(21)23/h1-5,10-11,22H,6-9H2,(H2,21,23). The monoisotopic (exact) mass is 332 g/mol. The van der Waals surface area contributed by atoms with Gasteiger partial charge in [-0.1, -0.05) is 29.8 Å². The molecule has 0 spiro atoms. The number of carbonyl (C=O) groups is 1. The molecule has 5 heteroatoms. The molecule has 3 rings (SSSR count). The topological polar surface area (TPSA) is 55.1 Å². The third kappa shape index (κ3) is 3.23. The Kier molecular flexibility index (Phi) is 4.64. The van der Waals surface area contributed by atoms with Gasteiger partial charge in [0.15, 0.2) is 0 Å². The molecule has 3 nitrogen and oxygen atoms in total. The minimum atomic E-state index is -0.490.